The lowest BCUT2D eigenvalue weighted by molar-refractivity contribution is -0.297. The first-order valence-electron chi connectivity index (χ1n) is 23.4. The summed E-state index contributed by atoms with van der Waals surface area (Å²) in [6.45, 7) is 3.58. The van der Waals surface area contributed by atoms with Crippen molar-refractivity contribution in [2.24, 2.45) is 0 Å². The van der Waals surface area contributed by atoms with Crippen molar-refractivity contribution in [3.05, 3.63) is 60.8 Å². The quantitative estimate of drug-likeness (QED) is 0.0152. The zero-order valence-electron chi connectivity index (χ0n) is 37.5. The molecule has 6 atom stereocenters. The summed E-state index contributed by atoms with van der Waals surface area (Å²) in [7, 11) is -4.61. The Bertz CT molecular complexity index is 1360. The summed E-state index contributed by atoms with van der Waals surface area (Å²) in [5.41, 5.74) is 0. The number of ether oxygens (including phenoxy) is 4. The van der Waals surface area contributed by atoms with Crippen molar-refractivity contribution in [2.45, 2.75) is 211 Å². The van der Waals surface area contributed by atoms with Crippen LogP contribution in [0.3, 0.4) is 0 Å². The normalized spacial score (nSPS) is 20.5. The van der Waals surface area contributed by atoms with Gasteiger partial charge in [0.15, 0.2) is 12.4 Å². The summed E-state index contributed by atoms with van der Waals surface area (Å²) in [4.78, 5) is 25.4. The number of unbranched alkanes of at least 4 members (excludes halogenated alkanes) is 19. The lowest BCUT2D eigenvalue weighted by Gasteiger charge is -2.40. The number of rotatable bonds is 38. The molecule has 1 aliphatic rings. The number of hydrogen-bond donors (Lipinski definition) is 4. The number of aliphatic hydroxyl groups excluding tert-OH is 3. The zero-order chi connectivity index (χ0) is 44.8. The van der Waals surface area contributed by atoms with Crippen LogP contribution in [-0.2, 0) is 38.7 Å². The van der Waals surface area contributed by atoms with E-state index in [-0.39, 0.29) is 19.4 Å². The van der Waals surface area contributed by atoms with E-state index >= 15 is 0 Å². The van der Waals surface area contributed by atoms with Crippen LogP contribution in [0.15, 0.2) is 60.8 Å². The molecule has 0 aliphatic carbocycles. The highest BCUT2D eigenvalue weighted by Crippen LogP contribution is 2.24. The molecule has 0 amide bonds. The first-order chi connectivity index (χ1) is 29.5. The average molecular weight is 883 g/mol. The number of hydrogen-bond acceptors (Lipinski definition) is 11. The molecule has 0 saturated carbocycles. The van der Waals surface area contributed by atoms with Gasteiger partial charge in [0, 0.05) is 12.8 Å². The minimum atomic E-state index is -4.61. The van der Waals surface area contributed by atoms with E-state index in [4.69, 9.17) is 18.9 Å². The Labute approximate surface area is 368 Å². The van der Waals surface area contributed by atoms with Gasteiger partial charge in [0.2, 0.25) is 0 Å². The second kappa shape index (κ2) is 37.9. The maximum atomic E-state index is 12.8. The highest BCUT2D eigenvalue weighted by atomic mass is 32.2. The molecular weight excluding hydrogens is 801 g/mol. The molecule has 1 rings (SSSR count). The van der Waals surface area contributed by atoms with Crippen LogP contribution in [0, 0.1) is 0 Å². The monoisotopic (exact) mass is 883 g/mol. The second-order valence-corrected chi connectivity index (χ2v) is 17.6. The molecule has 352 valence electrons. The molecule has 1 aliphatic heterocycles. The van der Waals surface area contributed by atoms with E-state index in [0.29, 0.717) is 12.8 Å². The van der Waals surface area contributed by atoms with Crippen LogP contribution in [0.2, 0.25) is 0 Å². The van der Waals surface area contributed by atoms with Crippen LogP contribution in [0.25, 0.3) is 0 Å². The van der Waals surface area contributed by atoms with E-state index in [1.165, 1.54) is 83.5 Å². The minimum absolute atomic E-state index is 0.115. The van der Waals surface area contributed by atoms with Crippen molar-refractivity contribution in [2.75, 3.05) is 19.0 Å². The standard InChI is InChI=1S/C48H82O12S/c1-3-5-7-9-11-13-15-17-18-19-20-21-22-23-25-26-28-30-32-34-36-43(49)57-38-41(39-58-48-47(53)46(52)45(51)42(60-48)40-61(54,55)56)59-44(50)37-35-33-31-29-27-24-16-14-12-10-8-6-4-2/h6,8,10,12,14,16,20-21,24,27,41-42,45-48,51-53H,3-5,7,9,11,13,15,17-19,22-23,25-26,28-40H2,1-2H3,(H,54,55,56)/b8-6+,12-10+,16-14+,21-20+,27-24+/t41?,42-,45-,46?,47?,48+/m1/s1. The molecule has 0 spiro atoms. The predicted octanol–water partition coefficient (Wildman–Crippen LogP) is 9.73. The lowest BCUT2D eigenvalue weighted by Crippen LogP contribution is -2.60. The highest BCUT2D eigenvalue weighted by Gasteiger charge is 2.46. The molecule has 1 saturated heterocycles. The third-order valence-electron chi connectivity index (χ3n) is 10.4. The molecule has 61 heavy (non-hydrogen) atoms. The molecule has 12 nitrogen and oxygen atoms in total. The Hall–Kier alpha value is -2.65. The van der Waals surface area contributed by atoms with Crippen LogP contribution < -0.4 is 0 Å². The Morgan fingerprint density at radius 2 is 1.05 bits per heavy atom. The van der Waals surface area contributed by atoms with E-state index < -0.39 is 71.2 Å². The zero-order valence-corrected chi connectivity index (χ0v) is 38.3. The average Bonchev–Trinajstić information content (AvgIpc) is 3.22. The molecule has 13 heteroatoms. The summed E-state index contributed by atoms with van der Waals surface area (Å²) in [6.07, 6.45) is 37.0. The van der Waals surface area contributed by atoms with Crippen LogP contribution in [0.5, 0.6) is 0 Å². The molecule has 0 aromatic carbocycles. The first-order valence-corrected chi connectivity index (χ1v) is 25.0. The smallest absolute Gasteiger partial charge is 0.306 e. The van der Waals surface area contributed by atoms with Gasteiger partial charge in [0.1, 0.15) is 36.8 Å². The number of carbonyl (C=O) groups is 2. The fourth-order valence-electron chi connectivity index (χ4n) is 6.80. The van der Waals surface area contributed by atoms with Crippen molar-refractivity contribution in [1.29, 1.82) is 0 Å². The van der Waals surface area contributed by atoms with E-state index in [1.807, 2.05) is 36.5 Å². The highest BCUT2D eigenvalue weighted by molar-refractivity contribution is 7.85. The van der Waals surface area contributed by atoms with Crippen molar-refractivity contribution in [3.63, 3.8) is 0 Å². The van der Waals surface area contributed by atoms with E-state index in [0.717, 1.165) is 51.4 Å². The van der Waals surface area contributed by atoms with Gasteiger partial charge in [-0.1, -0.05) is 164 Å². The fraction of sp³-hybridized carbons (Fsp3) is 0.750. The molecular formula is C48H82O12S. The van der Waals surface area contributed by atoms with Crippen LogP contribution >= 0.6 is 0 Å². The maximum absolute atomic E-state index is 12.8. The van der Waals surface area contributed by atoms with Crippen LogP contribution in [-0.4, -0.2) is 96.0 Å². The third kappa shape index (κ3) is 32.7. The Kier molecular flexibility index (Phi) is 35.0. The van der Waals surface area contributed by atoms with Gasteiger partial charge in [-0.05, 0) is 57.8 Å². The van der Waals surface area contributed by atoms with Crippen LogP contribution in [0.1, 0.15) is 174 Å². The molecule has 0 aromatic heterocycles. The van der Waals surface area contributed by atoms with E-state index in [9.17, 15) is 37.9 Å². The molecule has 4 N–H and O–H groups in total. The molecule has 1 heterocycles. The van der Waals surface area contributed by atoms with Gasteiger partial charge in [-0.3, -0.25) is 14.1 Å². The number of carbonyl (C=O) groups excluding carboxylic acids is 2. The van der Waals surface area contributed by atoms with E-state index in [1.54, 1.807) is 0 Å². The summed E-state index contributed by atoms with van der Waals surface area (Å²) < 4.78 is 54.0. The Morgan fingerprint density at radius 3 is 1.61 bits per heavy atom. The van der Waals surface area contributed by atoms with Crippen molar-refractivity contribution in [1.82, 2.24) is 0 Å². The number of esters is 2. The molecule has 3 unspecified atom stereocenters. The van der Waals surface area contributed by atoms with Gasteiger partial charge in [-0.25, -0.2) is 0 Å². The first kappa shape index (κ1) is 56.4. The Balaban J connectivity index is 2.42. The van der Waals surface area contributed by atoms with Gasteiger partial charge in [0.25, 0.3) is 10.1 Å². The summed E-state index contributed by atoms with van der Waals surface area (Å²) in [5.74, 6) is -2.05. The van der Waals surface area contributed by atoms with Gasteiger partial charge in [-0.2, -0.15) is 8.42 Å². The minimum Gasteiger partial charge on any atom is -0.462 e. The van der Waals surface area contributed by atoms with Gasteiger partial charge < -0.3 is 34.3 Å². The van der Waals surface area contributed by atoms with Gasteiger partial charge in [0.05, 0.1) is 6.61 Å². The maximum Gasteiger partial charge on any atom is 0.306 e. The Morgan fingerprint density at radius 1 is 0.574 bits per heavy atom. The molecule has 0 radical (unpaired) electrons. The number of allylic oxidation sites excluding steroid dienone is 10. The fourth-order valence-corrected chi connectivity index (χ4v) is 7.49. The number of aliphatic hydroxyl groups is 3. The van der Waals surface area contributed by atoms with Crippen molar-refractivity contribution < 1.29 is 56.8 Å². The van der Waals surface area contributed by atoms with Crippen molar-refractivity contribution >= 4 is 22.1 Å². The topological polar surface area (TPSA) is 186 Å². The van der Waals surface area contributed by atoms with Gasteiger partial charge in [-0.15, -0.1) is 0 Å². The van der Waals surface area contributed by atoms with E-state index in [2.05, 4.69) is 38.2 Å². The summed E-state index contributed by atoms with van der Waals surface area (Å²) >= 11 is 0. The predicted molar refractivity (Wildman–Crippen MR) is 242 cm³/mol. The van der Waals surface area contributed by atoms with Gasteiger partial charge >= 0.3 is 11.9 Å². The van der Waals surface area contributed by atoms with Crippen LogP contribution in [0.4, 0.5) is 0 Å². The third-order valence-corrected chi connectivity index (χ3v) is 11.2. The molecule has 0 bridgehead atoms. The molecule has 0 aromatic rings. The second-order valence-electron chi connectivity index (χ2n) is 16.1. The lowest BCUT2D eigenvalue weighted by atomic mass is 10.00. The van der Waals surface area contributed by atoms with Crippen molar-refractivity contribution in [3.8, 4) is 0 Å². The SMILES string of the molecule is CC/C=C/C=C/C=C/C=C/CCCCCC(=O)OC(COC(=O)CCCCCCCCC/C=C/CCCCCCCCCCC)CO[C@H]1O[C@H](CS(=O)(=O)O)[C@@H](O)C(O)C1O. The summed E-state index contributed by atoms with van der Waals surface area (Å²) in [6, 6.07) is 0. The molecule has 1 fully saturated rings. The largest absolute Gasteiger partial charge is 0.462 e. The summed E-state index contributed by atoms with van der Waals surface area (Å²) in [5, 5.41) is 30.9.